The van der Waals surface area contributed by atoms with E-state index in [1.807, 2.05) is 6.92 Å². The maximum absolute atomic E-state index is 11.7. The molecule has 1 saturated heterocycles. The molecule has 1 fully saturated rings. The molecule has 0 aliphatic carbocycles. The maximum atomic E-state index is 11.7. The van der Waals surface area contributed by atoms with E-state index in [2.05, 4.69) is 31.1 Å². The minimum Gasteiger partial charge on any atom is -0.450 e. The summed E-state index contributed by atoms with van der Waals surface area (Å²) >= 11 is 0. The smallest absolute Gasteiger partial charge is 0.409 e. The first-order chi connectivity index (χ1) is 11.0. The van der Waals surface area contributed by atoms with Gasteiger partial charge < -0.3 is 20.7 Å². The number of aliphatic imine (C=N–C) groups is 1. The lowest BCUT2D eigenvalue weighted by Crippen LogP contribution is -2.48. The van der Waals surface area contributed by atoms with Gasteiger partial charge in [0.15, 0.2) is 5.96 Å². The molecule has 0 radical (unpaired) electrons. The van der Waals surface area contributed by atoms with Crippen LogP contribution in [0.15, 0.2) is 4.99 Å². The quantitative estimate of drug-likeness (QED) is 0.351. The molecule has 0 unspecified atom stereocenters. The fourth-order valence-corrected chi connectivity index (χ4v) is 3.01. The highest BCUT2D eigenvalue weighted by molar-refractivity contribution is 14.0. The van der Waals surface area contributed by atoms with E-state index in [4.69, 9.17) is 10.5 Å². The number of nitrogens with one attached hydrogen (secondary N) is 1. The van der Waals surface area contributed by atoms with Gasteiger partial charge in [-0.3, -0.25) is 4.99 Å². The van der Waals surface area contributed by atoms with Gasteiger partial charge in [-0.2, -0.15) is 0 Å². The molecule has 1 aliphatic heterocycles. The van der Waals surface area contributed by atoms with Crippen LogP contribution in [0.4, 0.5) is 4.79 Å². The topological polar surface area (TPSA) is 80.0 Å². The lowest BCUT2D eigenvalue weighted by atomic mass is 9.80. The molecule has 3 N–H and O–H groups in total. The van der Waals surface area contributed by atoms with Gasteiger partial charge in [-0.25, -0.2) is 4.79 Å². The molecule has 142 valence electrons. The number of hydrogen-bond donors (Lipinski definition) is 2. The standard InChI is InChI=1S/C17H34N4O2.HI/c1-5-17(6-2,7-3)13-19-15(18)20-14-9-11-21(12-10-14)16(22)23-8-4;/h14H,5-13H2,1-4H3,(H3,18,19,20);1H. The zero-order valence-electron chi connectivity index (χ0n) is 15.6. The molecule has 0 saturated carbocycles. The third-order valence-corrected chi connectivity index (χ3v) is 5.21. The monoisotopic (exact) mass is 454 g/mol. The second-order valence-corrected chi connectivity index (χ2v) is 6.37. The van der Waals surface area contributed by atoms with E-state index >= 15 is 0 Å². The van der Waals surface area contributed by atoms with Crippen LogP contribution in [-0.2, 0) is 4.74 Å². The summed E-state index contributed by atoms with van der Waals surface area (Å²) < 4.78 is 5.03. The summed E-state index contributed by atoms with van der Waals surface area (Å²) in [6.45, 7) is 11.1. The molecule has 7 heteroatoms. The summed E-state index contributed by atoms with van der Waals surface area (Å²) in [7, 11) is 0. The van der Waals surface area contributed by atoms with Crippen LogP contribution < -0.4 is 11.1 Å². The van der Waals surface area contributed by atoms with Crippen LogP contribution in [0.3, 0.4) is 0 Å². The van der Waals surface area contributed by atoms with E-state index < -0.39 is 0 Å². The van der Waals surface area contributed by atoms with E-state index in [-0.39, 0.29) is 41.5 Å². The molecule has 0 bridgehead atoms. The van der Waals surface area contributed by atoms with Crippen LogP contribution in [0.25, 0.3) is 0 Å². The summed E-state index contributed by atoms with van der Waals surface area (Å²) in [5, 5.41) is 3.30. The van der Waals surface area contributed by atoms with E-state index in [1.165, 1.54) is 0 Å². The minimum atomic E-state index is -0.216. The van der Waals surface area contributed by atoms with Crippen LogP contribution in [0.1, 0.15) is 59.8 Å². The molecule has 0 aromatic heterocycles. The number of ether oxygens (including phenoxy) is 1. The van der Waals surface area contributed by atoms with Crippen molar-refractivity contribution >= 4 is 36.0 Å². The summed E-state index contributed by atoms with van der Waals surface area (Å²) in [5.41, 5.74) is 6.32. The Bertz CT molecular complexity index is 384. The average molecular weight is 454 g/mol. The summed E-state index contributed by atoms with van der Waals surface area (Å²) in [6.07, 6.45) is 4.88. The predicted octanol–water partition coefficient (Wildman–Crippen LogP) is 3.35. The number of amides is 1. The Kier molecular flexibility index (Phi) is 11.4. The largest absolute Gasteiger partial charge is 0.450 e. The first-order valence-electron chi connectivity index (χ1n) is 8.98. The number of piperidine rings is 1. The number of nitrogens with two attached hydrogens (primary N) is 1. The Morgan fingerprint density at radius 2 is 1.75 bits per heavy atom. The van der Waals surface area contributed by atoms with Crippen LogP contribution >= 0.6 is 24.0 Å². The van der Waals surface area contributed by atoms with Crippen molar-refractivity contribution in [3.63, 3.8) is 0 Å². The van der Waals surface area contributed by atoms with Crippen molar-refractivity contribution in [1.82, 2.24) is 10.2 Å². The third-order valence-electron chi connectivity index (χ3n) is 5.21. The van der Waals surface area contributed by atoms with Crippen molar-refractivity contribution in [2.24, 2.45) is 16.1 Å². The normalized spacial score (nSPS) is 16.5. The Balaban J connectivity index is 0.00000529. The number of nitrogens with zero attached hydrogens (tertiary/aromatic N) is 2. The van der Waals surface area contributed by atoms with Crippen molar-refractivity contribution < 1.29 is 9.53 Å². The van der Waals surface area contributed by atoms with E-state index in [9.17, 15) is 4.79 Å². The highest BCUT2D eigenvalue weighted by Crippen LogP contribution is 2.30. The molecule has 24 heavy (non-hydrogen) atoms. The van der Waals surface area contributed by atoms with E-state index in [0.717, 1.165) is 38.6 Å². The molecule has 1 rings (SSSR count). The zero-order chi connectivity index (χ0) is 17.3. The highest BCUT2D eigenvalue weighted by atomic mass is 127. The number of guanidine groups is 1. The average Bonchev–Trinajstić information content (AvgIpc) is 2.57. The van der Waals surface area contributed by atoms with E-state index in [1.54, 1.807) is 4.90 Å². The molecule has 0 aromatic rings. The highest BCUT2D eigenvalue weighted by Gasteiger charge is 2.25. The lowest BCUT2D eigenvalue weighted by Gasteiger charge is -2.32. The van der Waals surface area contributed by atoms with Gasteiger partial charge in [0.05, 0.1) is 6.61 Å². The lowest BCUT2D eigenvalue weighted by molar-refractivity contribution is 0.0963. The summed E-state index contributed by atoms with van der Waals surface area (Å²) in [5.74, 6) is 0.527. The van der Waals surface area contributed by atoms with Crippen molar-refractivity contribution in [3.05, 3.63) is 0 Å². The molecule has 1 amide bonds. The molecule has 0 atom stereocenters. The van der Waals surface area contributed by atoms with Crippen molar-refractivity contribution in [2.75, 3.05) is 26.2 Å². The molecular weight excluding hydrogens is 419 g/mol. The fraction of sp³-hybridized carbons (Fsp3) is 0.882. The van der Waals surface area contributed by atoms with Crippen LogP contribution in [0.2, 0.25) is 0 Å². The zero-order valence-corrected chi connectivity index (χ0v) is 18.0. The summed E-state index contributed by atoms with van der Waals surface area (Å²) in [4.78, 5) is 18.0. The SMILES string of the molecule is CCOC(=O)N1CCC(NC(N)=NCC(CC)(CC)CC)CC1.I. The first kappa shape index (κ1) is 23.3. The Morgan fingerprint density at radius 1 is 1.21 bits per heavy atom. The van der Waals surface area contributed by atoms with Gasteiger partial charge in [-0.05, 0) is 44.4 Å². The van der Waals surface area contributed by atoms with Crippen molar-refractivity contribution in [3.8, 4) is 0 Å². The molecule has 1 aliphatic rings. The number of halogens is 1. The summed E-state index contributed by atoms with van der Waals surface area (Å²) in [6, 6.07) is 0.281. The van der Waals surface area contributed by atoms with Gasteiger partial charge in [0.25, 0.3) is 0 Å². The van der Waals surface area contributed by atoms with Crippen LogP contribution in [0, 0.1) is 5.41 Å². The van der Waals surface area contributed by atoms with Gasteiger partial charge in [-0.1, -0.05) is 20.8 Å². The second kappa shape index (κ2) is 11.8. The number of carbonyl (C=O) groups is 1. The molecular formula is C17H35IN4O2. The molecule has 0 aromatic carbocycles. The third kappa shape index (κ3) is 7.03. The fourth-order valence-electron chi connectivity index (χ4n) is 3.01. The van der Waals surface area contributed by atoms with Gasteiger partial charge in [0.1, 0.15) is 0 Å². The number of hydrogen-bond acceptors (Lipinski definition) is 3. The first-order valence-corrected chi connectivity index (χ1v) is 8.98. The van der Waals surface area contributed by atoms with E-state index in [0.29, 0.717) is 25.7 Å². The predicted molar refractivity (Wildman–Crippen MR) is 110 cm³/mol. The van der Waals surface area contributed by atoms with Crippen LogP contribution in [-0.4, -0.2) is 49.2 Å². The van der Waals surface area contributed by atoms with Gasteiger partial charge in [0.2, 0.25) is 0 Å². The van der Waals surface area contributed by atoms with Gasteiger partial charge >= 0.3 is 6.09 Å². The minimum absolute atomic E-state index is 0. The van der Waals surface area contributed by atoms with Crippen molar-refractivity contribution in [1.29, 1.82) is 0 Å². The Hall–Kier alpha value is -0.730. The van der Waals surface area contributed by atoms with Crippen LogP contribution in [0.5, 0.6) is 0 Å². The maximum Gasteiger partial charge on any atom is 0.409 e. The number of carbonyl (C=O) groups excluding carboxylic acids is 1. The molecule has 1 heterocycles. The number of rotatable bonds is 7. The van der Waals surface area contributed by atoms with Crippen molar-refractivity contribution in [2.45, 2.75) is 65.8 Å². The van der Waals surface area contributed by atoms with Gasteiger partial charge in [-0.15, -0.1) is 24.0 Å². The Morgan fingerprint density at radius 3 is 2.21 bits per heavy atom. The molecule has 0 spiro atoms. The number of likely N-dealkylation sites (tertiary alicyclic amines) is 1. The second-order valence-electron chi connectivity index (χ2n) is 6.37. The Labute approximate surface area is 164 Å². The molecule has 6 nitrogen and oxygen atoms in total. The van der Waals surface area contributed by atoms with Gasteiger partial charge in [0, 0.05) is 25.7 Å².